The molecule has 4 fully saturated rings. The third kappa shape index (κ3) is 1.87. The predicted molar refractivity (Wildman–Crippen MR) is 87.0 cm³/mol. The highest BCUT2D eigenvalue weighted by atomic mass is 16.4. The first-order valence-corrected chi connectivity index (χ1v) is 9.38. The maximum Gasteiger partial charge on any atom is 0.0632 e. The molecule has 4 saturated carbocycles. The Bertz CT molecular complexity index is 490. The number of nitrogens with zero attached hydrogens (tertiary/aromatic N) is 1. The van der Waals surface area contributed by atoms with Gasteiger partial charge in [-0.3, -0.25) is 0 Å². The molecule has 0 aromatic heterocycles. The van der Waals surface area contributed by atoms with Crippen molar-refractivity contribution in [1.82, 2.24) is 0 Å². The summed E-state index contributed by atoms with van der Waals surface area (Å²) in [5.41, 5.74) is 1.68. The van der Waals surface area contributed by atoms with Gasteiger partial charge in [-0.2, -0.15) is 0 Å². The van der Waals surface area contributed by atoms with Crippen molar-refractivity contribution in [3.63, 3.8) is 0 Å². The molecule has 0 aromatic carbocycles. The highest BCUT2D eigenvalue weighted by Crippen LogP contribution is 2.65. The van der Waals surface area contributed by atoms with Crippen LogP contribution >= 0.6 is 0 Å². The lowest BCUT2D eigenvalue weighted by atomic mass is 9.45. The van der Waals surface area contributed by atoms with Crippen LogP contribution in [0.5, 0.6) is 0 Å². The summed E-state index contributed by atoms with van der Waals surface area (Å²) in [5.74, 6) is 3.10. The molecule has 4 aliphatic rings. The van der Waals surface area contributed by atoms with E-state index in [4.69, 9.17) is 0 Å². The van der Waals surface area contributed by atoms with Crippen LogP contribution in [-0.4, -0.2) is 22.1 Å². The smallest absolute Gasteiger partial charge is 0.0632 e. The fourth-order valence-corrected chi connectivity index (χ4v) is 7.19. The molecule has 0 bridgehead atoms. The van der Waals surface area contributed by atoms with Gasteiger partial charge in [0.2, 0.25) is 0 Å². The third-order valence-corrected chi connectivity index (χ3v) is 8.50. The zero-order valence-electron chi connectivity index (χ0n) is 14.1. The molecule has 0 saturated heterocycles. The van der Waals surface area contributed by atoms with E-state index >= 15 is 0 Å². The number of hydrogen-bond acceptors (Lipinski definition) is 3. The Labute approximate surface area is 134 Å². The van der Waals surface area contributed by atoms with E-state index in [-0.39, 0.29) is 11.5 Å². The Balaban J connectivity index is 1.63. The van der Waals surface area contributed by atoms with Crippen molar-refractivity contribution < 1.29 is 10.3 Å². The minimum atomic E-state index is -0.0527. The van der Waals surface area contributed by atoms with Crippen LogP contribution in [0.2, 0.25) is 0 Å². The average molecular weight is 305 g/mol. The molecule has 4 aliphatic carbocycles. The van der Waals surface area contributed by atoms with Crippen LogP contribution in [0.1, 0.15) is 71.6 Å². The second-order valence-corrected chi connectivity index (χ2v) is 9.13. The van der Waals surface area contributed by atoms with E-state index in [1.807, 2.05) is 0 Å². The molecule has 22 heavy (non-hydrogen) atoms. The molecular formula is C19H31NO2. The topological polar surface area (TPSA) is 52.8 Å². The lowest BCUT2D eigenvalue weighted by molar-refractivity contribution is -0.114. The van der Waals surface area contributed by atoms with Crippen LogP contribution in [0.15, 0.2) is 5.16 Å². The summed E-state index contributed by atoms with van der Waals surface area (Å²) in [7, 11) is 0. The molecule has 4 rings (SSSR count). The molecule has 2 N–H and O–H groups in total. The second-order valence-electron chi connectivity index (χ2n) is 9.13. The number of oxime groups is 1. The van der Waals surface area contributed by atoms with E-state index < -0.39 is 0 Å². The van der Waals surface area contributed by atoms with Crippen molar-refractivity contribution in [2.45, 2.75) is 77.7 Å². The Morgan fingerprint density at radius 1 is 1.00 bits per heavy atom. The summed E-state index contributed by atoms with van der Waals surface area (Å²) in [5, 5.41) is 23.1. The minimum Gasteiger partial charge on any atom is -0.411 e. The molecule has 124 valence electrons. The molecule has 7 atom stereocenters. The van der Waals surface area contributed by atoms with E-state index in [1.165, 1.54) is 38.5 Å². The fraction of sp³-hybridized carbons (Fsp3) is 0.947. The van der Waals surface area contributed by atoms with E-state index in [1.54, 1.807) is 0 Å². The number of fused-ring (bicyclic) bond motifs is 5. The second kappa shape index (κ2) is 4.96. The van der Waals surface area contributed by atoms with Gasteiger partial charge in [-0.25, -0.2) is 0 Å². The molecule has 0 radical (unpaired) electrons. The largest absolute Gasteiger partial charge is 0.411 e. The first-order chi connectivity index (χ1) is 10.5. The SMILES string of the molecule is C[C@]12CC[C@@H](O)C[C@@H]1CC[C@H]1[C@H]3CC/C(=N\O)[C@@]3(C)CC[C@@H]12. The van der Waals surface area contributed by atoms with Crippen molar-refractivity contribution in [2.24, 2.45) is 39.7 Å². The first-order valence-electron chi connectivity index (χ1n) is 9.38. The summed E-state index contributed by atoms with van der Waals surface area (Å²) in [6.07, 6.45) is 10.5. The fourth-order valence-electron chi connectivity index (χ4n) is 7.19. The van der Waals surface area contributed by atoms with E-state index in [9.17, 15) is 10.3 Å². The lowest BCUT2D eigenvalue weighted by Gasteiger charge is -2.60. The minimum absolute atomic E-state index is 0.0527. The Morgan fingerprint density at radius 3 is 2.59 bits per heavy atom. The van der Waals surface area contributed by atoms with Gasteiger partial charge in [-0.15, -0.1) is 0 Å². The summed E-state index contributed by atoms with van der Waals surface area (Å²) < 4.78 is 0. The molecule has 0 spiro atoms. The number of aliphatic hydroxyl groups excluding tert-OH is 1. The van der Waals surface area contributed by atoms with Crippen LogP contribution < -0.4 is 0 Å². The Hall–Kier alpha value is -0.570. The van der Waals surface area contributed by atoms with Crippen LogP contribution in [0.25, 0.3) is 0 Å². The van der Waals surface area contributed by atoms with Gasteiger partial charge in [0.05, 0.1) is 11.8 Å². The van der Waals surface area contributed by atoms with Gasteiger partial charge in [-0.1, -0.05) is 19.0 Å². The van der Waals surface area contributed by atoms with Gasteiger partial charge in [0, 0.05) is 5.41 Å². The van der Waals surface area contributed by atoms with Crippen LogP contribution in [-0.2, 0) is 0 Å². The molecule has 0 aliphatic heterocycles. The maximum absolute atomic E-state index is 10.1. The summed E-state index contributed by atoms with van der Waals surface area (Å²) >= 11 is 0. The summed E-state index contributed by atoms with van der Waals surface area (Å²) in [4.78, 5) is 0. The van der Waals surface area contributed by atoms with Gasteiger partial charge >= 0.3 is 0 Å². The van der Waals surface area contributed by atoms with Crippen molar-refractivity contribution in [3.8, 4) is 0 Å². The van der Waals surface area contributed by atoms with Crippen LogP contribution in [0.3, 0.4) is 0 Å². The standard InChI is InChI=1S/C19H31NO2/c1-18-9-7-13(21)11-12(18)3-4-14-15-5-6-17(20-22)19(15,2)10-8-16(14)18/h12-16,21-22H,3-11H2,1-2H3/b20-17+/t12-,13+,14-,15+,16-,18-,19-/m0/s1. The molecule has 3 nitrogen and oxygen atoms in total. The van der Waals surface area contributed by atoms with Crippen molar-refractivity contribution in [1.29, 1.82) is 0 Å². The van der Waals surface area contributed by atoms with Gasteiger partial charge in [0.15, 0.2) is 0 Å². The van der Waals surface area contributed by atoms with E-state index in [0.29, 0.717) is 5.41 Å². The molecule has 0 aromatic rings. The number of rotatable bonds is 0. The Kier molecular flexibility index (Phi) is 3.38. The van der Waals surface area contributed by atoms with E-state index in [0.717, 1.165) is 48.6 Å². The van der Waals surface area contributed by atoms with Crippen LogP contribution in [0, 0.1) is 34.5 Å². The monoisotopic (exact) mass is 305 g/mol. The van der Waals surface area contributed by atoms with Crippen LogP contribution in [0.4, 0.5) is 0 Å². The number of hydrogen-bond donors (Lipinski definition) is 2. The molecular weight excluding hydrogens is 274 g/mol. The molecule has 0 amide bonds. The van der Waals surface area contributed by atoms with Gasteiger partial charge in [0.25, 0.3) is 0 Å². The zero-order chi connectivity index (χ0) is 15.5. The van der Waals surface area contributed by atoms with E-state index in [2.05, 4.69) is 19.0 Å². The average Bonchev–Trinajstić information content (AvgIpc) is 2.84. The third-order valence-electron chi connectivity index (χ3n) is 8.50. The highest BCUT2D eigenvalue weighted by Gasteiger charge is 2.59. The predicted octanol–water partition coefficient (Wildman–Crippen LogP) is 4.22. The first kappa shape index (κ1) is 15.0. The van der Waals surface area contributed by atoms with Gasteiger partial charge in [-0.05, 0) is 86.9 Å². The van der Waals surface area contributed by atoms with Crippen molar-refractivity contribution in [2.75, 3.05) is 0 Å². The normalized spacial score (nSPS) is 56.3. The molecule has 0 heterocycles. The summed E-state index contributed by atoms with van der Waals surface area (Å²) in [6, 6.07) is 0. The lowest BCUT2D eigenvalue weighted by Crippen LogP contribution is -2.54. The quantitative estimate of drug-likeness (QED) is 0.520. The van der Waals surface area contributed by atoms with Crippen molar-refractivity contribution in [3.05, 3.63) is 0 Å². The molecule has 3 heteroatoms. The van der Waals surface area contributed by atoms with Gasteiger partial charge < -0.3 is 10.3 Å². The van der Waals surface area contributed by atoms with Crippen molar-refractivity contribution >= 4 is 5.71 Å². The Morgan fingerprint density at radius 2 is 1.82 bits per heavy atom. The highest BCUT2D eigenvalue weighted by molar-refractivity contribution is 5.91. The number of aliphatic hydroxyl groups is 1. The molecule has 0 unspecified atom stereocenters. The van der Waals surface area contributed by atoms with Gasteiger partial charge in [0.1, 0.15) is 0 Å². The summed E-state index contributed by atoms with van der Waals surface area (Å²) in [6.45, 7) is 4.88. The zero-order valence-corrected chi connectivity index (χ0v) is 14.1. The maximum atomic E-state index is 10.1.